The molecule has 0 unspecified atom stereocenters. The molecular formula is C22H16Cl2N2O4. The summed E-state index contributed by atoms with van der Waals surface area (Å²) in [5.41, 5.74) is 3.19. The van der Waals surface area contributed by atoms with Gasteiger partial charge >= 0.3 is 5.97 Å². The number of esters is 1. The maximum Gasteiger partial charge on any atom is 0.345 e. The van der Waals surface area contributed by atoms with E-state index in [1.807, 2.05) is 18.2 Å². The van der Waals surface area contributed by atoms with E-state index in [1.165, 1.54) is 18.3 Å². The fourth-order valence-electron chi connectivity index (χ4n) is 2.35. The van der Waals surface area contributed by atoms with E-state index >= 15 is 0 Å². The number of carbonyl (C=O) groups excluding carboxylic acids is 2. The molecule has 0 aromatic heterocycles. The number of hydrogen-bond donors (Lipinski definition) is 1. The average molecular weight is 443 g/mol. The highest BCUT2D eigenvalue weighted by Crippen LogP contribution is 2.23. The van der Waals surface area contributed by atoms with Crippen LogP contribution in [0.5, 0.6) is 11.5 Å². The Kier molecular flexibility index (Phi) is 7.43. The molecule has 0 bridgehead atoms. The number of amides is 1. The van der Waals surface area contributed by atoms with Crippen molar-refractivity contribution in [2.75, 3.05) is 6.61 Å². The van der Waals surface area contributed by atoms with Crippen LogP contribution in [-0.4, -0.2) is 24.7 Å². The third kappa shape index (κ3) is 6.34. The van der Waals surface area contributed by atoms with Crippen LogP contribution in [0.25, 0.3) is 0 Å². The van der Waals surface area contributed by atoms with Crippen molar-refractivity contribution in [2.45, 2.75) is 0 Å². The summed E-state index contributed by atoms with van der Waals surface area (Å²) in [6.45, 7) is -0.166. The number of halogens is 2. The van der Waals surface area contributed by atoms with Crippen molar-refractivity contribution in [3.63, 3.8) is 0 Å². The number of nitrogens with zero attached hydrogens (tertiary/aromatic N) is 1. The Labute approximate surface area is 183 Å². The van der Waals surface area contributed by atoms with Crippen LogP contribution in [0.2, 0.25) is 10.0 Å². The van der Waals surface area contributed by atoms with Gasteiger partial charge in [0.25, 0.3) is 5.91 Å². The highest BCUT2D eigenvalue weighted by molar-refractivity contribution is 6.36. The van der Waals surface area contributed by atoms with Crippen LogP contribution in [0, 0.1) is 0 Å². The van der Waals surface area contributed by atoms with Crippen LogP contribution >= 0.6 is 23.2 Å². The number of benzene rings is 3. The Morgan fingerprint density at radius 2 is 1.70 bits per heavy atom. The SMILES string of the molecule is O=C(COc1ccccc1)N/N=C/c1cccc(OC(=O)c2ccc(Cl)cc2Cl)c1. The minimum atomic E-state index is -0.614. The Morgan fingerprint density at radius 3 is 2.47 bits per heavy atom. The lowest BCUT2D eigenvalue weighted by molar-refractivity contribution is -0.123. The van der Waals surface area contributed by atoms with Crippen LogP contribution in [0.1, 0.15) is 15.9 Å². The summed E-state index contributed by atoms with van der Waals surface area (Å²) in [4.78, 5) is 24.1. The second kappa shape index (κ2) is 10.4. The number of carbonyl (C=O) groups is 2. The quantitative estimate of drug-likeness (QED) is 0.248. The third-order valence-corrected chi connectivity index (χ3v) is 4.28. The Balaban J connectivity index is 1.54. The molecule has 0 aliphatic heterocycles. The Bertz CT molecular complexity index is 1070. The predicted octanol–water partition coefficient (Wildman–Crippen LogP) is 4.74. The van der Waals surface area contributed by atoms with Crippen molar-refractivity contribution in [1.82, 2.24) is 5.43 Å². The zero-order valence-electron chi connectivity index (χ0n) is 15.5. The van der Waals surface area contributed by atoms with Crippen molar-refractivity contribution >= 4 is 41.3 Å². The number of rotatable bonds is 7. The summed E-state index contributed by atoms with van der Waals surface area (Å²) in [5, 5.41) is 4.50. The molecule has 0 heterocycles. The molecule has 0 aliphatic carbocycles. The first kappa shape index (κ1) is 21.4. The van der Waals surface area contributed by atoms with Gasteiger partial charge in [-0.05, 0) is 48.0 Å². The molecule has 0 saturated carbocycles. The Hall–Kier alpha value is -3.35. The van der Waals surface area contributed by atoms with E-state index < -0.39 is 11.9 Å². The van der Waals surface area contributed by atoms with E-state index in [-0.39, 0.29) is 17.2 Å². The minimum Gasteiger partial charge on any atom is -0.484 e. The lowest BCUT2D eigenvalue weighted by Gasteiger charge is -2.07. The molecule has 0 radical (unpaired) electrons. The fraction of sp³-hybridized carbons (Fsp3) is 0.0455. The summed E-state index contributed by atoms with van der Waals surface area (Å²) >= 11 is 11.9. The second-order valence-electron chi connectivity index (χ2n) is 5.98. The van der Waals surface area contributed by atoms with Gasteiger partial charge in [0.05, 0.1) is 16.8 Å². The van der Waals surface area contributed by atoms with Gasteiger partial charge in [-0.3, -0.25) is 4.79 Å². The minimum absolute atomic E-state index is 0.166. The van der Waals surface area contributed by atoms with Gasteiger partial charge in [0, 0.05) is 5.02 Å². The molecule has 8 heteroatoms. The van der Waals surface area contributed by atoms with Crippen LogP contribution in [0.15, 0.2) is 77.9 Å². The van der Waals surface area contributed by atoms with E-state index in [0.717, 1.165) is 0 Å². The molecule has 1 amide bonds. The smallest absolute Gasteiger partial charge is 0.345 e. The number of hydrogen-bond acceptors (Lipinski definition) is 5. The molecule has 3 rings (SSSR count). The molecule has 30 heavy (non-hydrogen) atoms. The standard InChI is InChI=1S/C22H16Cl2N2O4/c23-16-9-10-19(20(24)12-16)22(28)30-18-8-4-5-15(11-18)13-25-26-21(27)14-29-17-6-2-1-3-7-17/h1-13H,14H2,(H,26,27)/b25-13+. The van der Waals surface area contributed by atoms with Crippen molar-refractivity contribution in [3.8, 4) is 11.5 Å². The molecule has 0 atom stereocenters. The van der Waals surface area contributed by atoms with Crippen molar-refractivity contribution in [3.05, 3.63) is 94.0 Å². The average Bonchev–Trinajstić information content (AvgIpc) is 2.73. The summed E-state index contributed by atoms with van der Waals surface area (Å²) in [7, 11) is 0. The zero-order valence-corrected chi connectivity index (χ0v) is 17.1. The number of ether oxygens (including phenoxy) is 2. The largest absolute Gasteiger partial charge is 0.484 e. The van der Waals surface area contributed by atoms with Crippen molar-refractivity contribution in [1.29, 1.82) is 0 Å². The first-order chi connectivity index (χ1) is 14.5. The van der Waals surface area contributed by atoms with Gasteiger partial charge in [0.1, 0.15) is 11.5 Å². The van der Waals surface area contributed by atoms with E-state index in [1.54, 1.807) is 42.5 Å². The van der Waals surface area contributed by atoms with Crippen molar-refractivity contribution < 1.29 is 19.1 Å². The molecule has 1 N–H and O–H groups in total. The summed E-state index contributed by atoms with van der Waals surface area (Å²) in [6, 6.07) is 20.1. The van der Waals surface area contributed by atoms with Gasteiger partial charge in [0.15, 0.2) is 6.61 Å². The lowest BCUT2D eigenvalue weighted by atomic mass is 10.2. The summed E-state index contributed by atoms with van der Waals surface area (Å²) in [6.07, 6.45) is 1.42. The van der Waals surface area contributed by atoms with E-state index in [0.29, 0.717) is 22.1 Å². The summed E-state index contributed by atoms with van der Waals surface area (Å²) < 4.78 is 10.7. The maximum absolute atomic E-state index is 12.3. The lowest BCUT2D eigenvalue weighted by Crippen LogP contribution is -2.24. The molecule has 0 aliphatic rings. The van der Waals surface area contributed by atoms with Gasteiger partial charge in [0.2, 0.25) is 0 Å². The predicted molar refractivity (Wildman–Crippen MR) is 116 cm³/mol. The van der Waals surface area contributed by atoms with Gasteiger partial charge in [-0.25, -0.2) is 10.2 Å². The van der Waals surface area contributed by atoms with Crippen LogP contribution < -0.4 is 14.9 Å². The van der Waals surface area contributed by atoms with Gasteiger partial charge in [-0.2, -0.15) is 5.10 Å². The first-order valence-corrected chi connectivity index (χ1v) is 9.54. The number of hydrazone groups is 1. The first-order valence-electron chi connectivity index (χ1n) is 8.78. The topological polar surface area (TPSA) is 77.0 Å². The van der Waals surface area contributed by atoms with Crippen LogP contribution in [0.4, 0.5) is 0 Å². The number of para-hydroxylation sites is 1. The molecule has 3 aromatic carbocycles. The highest BCUT2D eigenvalue weighted by Gasteiger charge is 2.13. The fourth-order valence-corrected chi connectivity index (χ4v) is 2.84. The normalized spacial score (nSPS) is 10.6. The van der Waals surface area contributed by atoms with Crippen molar-refractivity contribution in [2.24, 2.45) is 5.10 Å². The number of nitrogens with one attached hydrogen (secondary N) is 1. The van der Waals surface area contributed by atoms with E-state index in [9.17, 15) is 9.59 Å². The van der Waals surface area contributed by atoms with Gasteiger partial charge in [-0.1, -0.05) is 53.5 Å². The molecule has 0 fully saturated rings. The molecule has 3 aromatic rings. The Morgan fingerprint density at radius 1 is 0.933 bits per heavy atom. The zero-order chi connectivity index (χ0) is 21.3. The summed E-state index contributed by atoms with van der Waals surface area (Å²) in [5.74, 6) is -0.132. The molecule has 0 spiro atoms. The second-order valence-corrected chi connectivity index (χ2v) is 6.82. The van der Waals surface area contributed by atoms with Gasteiger partial charge in [-0.15, -0.1) is 0 Å². The molecular weight excluding hydrogens is 427 g/mol. The maximum atomic E-state index is 12.3. The molecule has 0 saturated heterocycles. The van der Waals surface area contributed by atoms with Crippen LogP contribution in [0.3, 0.4) is 0 Å². The monoisotopic (exact) mass is 442 g/mol. The van der Waals surface area contributed by atoms with E-state index in [2.05, 4.69) is 10.5 Å². The molecule has 152 valence electrons. The van der Waals surface area contributed by atoms with E-state index in [4.69, 9.17) is 32.7 Å². The third-order valence-electron chi connectivity index (χ3n) is 3.74. The van der Waals surface area contributed by atoms with Gasteiger partial charge < -0.3 is 9.47 Å². The van der Waals surface area contributed by atoms with Crippen LogP contribution in [-0.2, 0) is 4.79 Å². The highest BCUT2D eigenvalue weighted by atomic mass is 35.5. The molecule has 6 nitrogen and oxygen atoms in total.